The van der Waals surface area contributed by atoms with Crippen molar-refractivity contribution in [3.63, 3.8) is 0 Å². The Kier molecular flexibility index (Phi) is 5.97. The molecule has 3 heteroatoms. The lowest BCUT2D eigenvalue weighted by molar-refractivity contribution is 0.276. The fourth-order valence-electron chi connectivity index (χ4n) is 1.51. The quantitative estimate of drug-likeness (QED) is 0.711. The van der Waals surface area contributed by atoms with Gasteiger partial charge in [-0.3, -0.25) is 4.98 Å². The second kappa shape index (κ2) is 7.37. The van der Waals surface area contributed by atoms with Crippen LogP contribution in [0.2, 0.25) is 0 Å². The monoisotopic (exact) mass is 208 g/mol. The molecule has 0 amide bonds. The number of aliphatic hydroxyl groups is 1. The first kappa shape index (κ1) is 12.1. The second-order valence-corrected chi connectivity index (χ2v) is 3.83. The van der Waals surface area contributed by atoms with E-state index >= 15 is 0 Å². The summed E-state index contributed by atoms with van der Waals surface area (Å²) >= 11 is 0. The van der Waals surface area contributed by atoms with Crippen LogP contribution in [0.1, 0.15) is 25.3 Å². The van der Waals surface area contributed by atoms with Crippen molar-refractivity contribution < 1.29 is 5.11 Å². The number of hydrogen-bond donors (Lipinski definition) is 2. The van der Waals surface area contributed by atoms with E-state index in [9.17, 15) is 0 Å². The molecule has 0 aromatic carbocycles. The highest BCUT2D eigenvalue weighted by atomic mass is 16.2. The van der Waals surface area contributed by atoms with Crippen molar-refractivity contribution in [1.29, 1.82) is 0 Å². The summed E-state index contributed by atoms with van der Waals surface area (Å²) in [5.74, 6) is 0. The topological polar surface area (TPSA) is 45.1 Å². The molecule has 2 N–H and O–H groups in total. The van der Waals surface area contributed by atoms with Crippen LogP contribution in [0.4, 0.5) is 0 Å². The minimum atomic E-state index is 0.288. The molecule has 1 atom stereocenters. The van der Waals surface area contributed by atoms with Crippen molar-refractivity contribution in [2.24, 2.45) is 0 Å². The first-order valence-electron chi connectivity index (χ1n) is 5.56. The highest BCUT2D eigenvalue weighted by molar-refractivity contribution is 5.09. The van der Waals surface area contributed by atoms with Gasteiger partial charge in [0.1, 0.15) is 0 Å². The summed E-state index contributed by atoms with van der Waals surface area (Å²) in [7, 11) is 0. The summed E-state index contributed by atoms with van der Waals surface area (Å²) in [6.45, 7) is 3.43. The zero-order chi connectivity index (χ0) is 10.9. The van der Waals surface area contributed by atoms with Gasteiger partial charge >= 0.3 is 0 Å². The van der Waals surface area contributed by atoms with Gasteiger partial charge in [0.25, 0.3) is 0 Å². The van der Waals surface area contributed by atoms with Crippen molar-refractivity contribution in [3.05, 3.63) is 30.1 Å². The number of aliphatic hydroxyl groups excluding tert-OH is 1. The van der Waals surface area contributed by atoms with E-state index in [-0.39, 0.29) is 6.61 Å². The minimum Gasteiger partial charge on any atom is -0.396 e. The van der Waals surface area contributed by atoms with E-state index in [1.54, 1.807) is 0 Å². The summed E-state index contributed by atoms with van der Waals surface area (Å²) in [6.07, 6.45) is 6.59. The van der Waals surface area contributed by atoms with Gasteiger partial charge in [-0.05, 0) is 50.4 Å². The van der Waals surface area contributed by atoms with Crippen LogP contribution >= 0.6 is 0 Å². The van der Waals surface area contributed by atoms with Crippen LogP contribution in [-0.4, -0.2) is 29.3 Å². The van der Waals surface area contributed by atoms with E-state index in [2.05, 4.69) is 17.2 Å². The maximum Gasteiger partial charge on any atom is 0.0431 e. The van der Waals surface area contributed by atoms with Crippen molar-refractivity contribution in [2.75, 3.05) is 13.2 Å². The van der Waals surface area contributed by atoms with E-state index in [4.69, 9.17) is 5.11 Å². The smallest absolute Gasteiger partial charge is 0.0431 e. The minimum absolute atomic E-state index is 0.288. The predicted octanol–water partition coefficient (Wildman–Crippen LogP) is 1.37. The van der Waals surface area contributed by atoms with Gasteiger partial charge in [0.05, 0.1) is 0 Å². The highest BCUT2D eigenvalue weighted by Gasteiger charge is 1.99. The number of rotatable bonds is 7. The number of nitrogens with zero attached hydrogens (tertiary/aromatic N) is 1. The number of hydrogen-bond acceptors (Lipinski definition) is 3. The van der Waals surface area contributed by atoms with E-state index < -0.39 is 0 Å². The van der Waals surface area contributed by atoms with E-state index in [1.165, 1.54) is 5.56 Å². The second-order valence-electron chi connectivity index (χ2n) is 3.83. The SMILES string of the molecule is CC(CCCO)NCCc1ccncc1. The molecule has 0 aliphatic rings. The average Bonchev–Trinajstić information content (AvgIpc) is 2.28. The van der Waals surface area contributed by atoms with Gasteiger partial charge in [0.15, 0.2) is 0 Å². The Labute approximate surface area is 91.5 Å². The molecule has 0 aliphatic heterocycles. The van der Waals surface area contributed by atoms with E-state index in [0.717, 1.165) is 25.8 Å². The maximum absolute atomic E-state index is 8.68. The van der Waals surface area contributed by atoms with Crippen LogP contribution in [0.5, 0.6) is 0 Å². The number of pyridine rings is 1. The van der Waals surface area contributed by atoms with Crippen LogP contribution in [0.15, 0.2) is 24.5 Å². The van der Waals surface area contributed by atoms with Gasteiger partial charge in [-0.1, -0.05) is 0 Å². The largest absolute Gasteiger partial charge is 0.396 e. The van der Waals surface area contributed by atoms with Crippen LogP contribution in [0.3, 0.4) is 0 Å². The maximum atomic E-state index is 8.68. The van der Waals surface area contributed by atoms with Crippen LogP contribution in [0, 0.1) is 0 Å². The van der Waals surface area contributed by atoms with Gasteiger partial charge in [-0.2, -0.15) is 0 Å². The molecule has 0 fully saturated rings. The molecule has 0 saturated heterocycles. The fraction of sp³-hybridized carbons (Fsp3) is 0.583. The van der Waals surface area contributed by atoms with Crippen molar-refractivity contribution in [1.82, 2.24) is 10.3 Å². The Balaban J connectivity index is 2.11. The molecule has 0 bridgehead atoms. The number of aromatic nitrogens is 1. The van der Waals surface area contributed by atoms with Crippen molar-refractivity contribution >= 4 is 0 Å². The van der Waals surface area contributed by atoms with Crippen LogP contribution in [0.25, 0.3) is 0 Å². The standard InChI is InChI=1S/C12H20N2O/c1-11(3-2-10-15)14-9-6-12-4-7-13-8-5-12/h4-5,7-8,11,14-15H,2-3,6,9-10H2,1H3. The Hall–Kier alpha value is -0.930. The molecule has 0 spiro atoms. The van der Waals surface area contributed by atoms with Gasteiger partial charge in [0, 0.05) is 25.0 Å². The summed E-state index contributed by atoms with van der Waals surface area (Å²) < 4.78 is 0. The van der Waals surface area contributed by atoms with Crippen LogP contribution in [-0.2, 0) is 6.42 Å². The van der Waals surface area contributed by atoms with E-state index in [0.29, 0.717) is 6.04 Å². The third-order valence-electron chi connectivity index (χ3n) is 2.45. The molecule has 0 saturated carbocycles. The third kappa shape index (κ3) is 5.50. The Bertz CT molecular complexity index is 251. The Morgan fingerprint density at radius 1 is 1.40 bits per heavy atom. The molecule has 0 radical (unpaired) electrons. The molecule has 0 aliphatic carbocycles. The molecule has 1 unspecified atom stereocenters. The number of nitrogens with one attached hydrogen (secondary N) is 1. The summed E-state index contributed by atoms with van der Waals surface area (Å²) in [6, 6.07) is 4.57. The van der Waals surface area contributed by atoms with Crippen molar-refractivity contribution in [2.45, 2.75) is 32.2 Å². The normalized spacial score (nSPS) is 12.7. The molecule has 1 aromatic rings. The Morgan fingerprint density at radius 3 is 2.80 bits per heavy atom. The lowest BCUT2D eigenvalue weighted by Gasteiger charge is -2.12. The molecule has 84 valence electrons. The molecule has 15 heavy (non-hydrogen) atoms. The summed E-state index contributed by atoms with van der Waals surface area (Å²) in [5.41, 5.74) is 1.31. The first-order chi connectivity index (χ1) is 7.33. The van der Waals surface area contributed by atoms with Gasteiger partial charge < -0.3 is 10.4 Å². The first-order valence-corrected chi connectivity index (χ1v) is 5.56. The summed E-state index contributed by atoms with van der Waals surface area (Å²) in [5, 5.41) is 12.1. The van der Waals surface area contributed by atoms with Gasteiger partial charge in [-0.15, -0.1) is 0 Å². The van der Waals surface area contributed by atoms with Gasteiger partial charge in [-0.25, -0.2) is 0 Å². The summed E-state index contributed by atoms with van der Waals surface area (Å²) in [4.78, 5) is 3.98. The molecule has 3 nitrogen and oxygen atoms in total. The zero-order valence-electron chi connectivity index (χ0n) is 9.32. The molecule has 1 heterocycles. The fourth-order valence-corrected chi connectivity index (χ4v) is 1.51. The molecular weight excluding hydrogens is 188 g/mol. The predicted molar refractivity (Wildman–Crippen MR) is 61.7 cm³/mol. The Morgan fingerprint density at radius 2 is 2.13 bits per heavy atom. The highest BCUT2D eigenvalue weighted by Crippen LogP contribution is 1.98. The molecular formula is C12H20N2O. The lowest BCUT2D eigenvalue weighted by atomic mass is 10.1. The van der Waals surface area contributed by atoms with Crippen LogP contribution < -0.4 is 5.32 Å². The lowest BCUT2D eigenvalue weighted by Crippen LogP contribution is -2.28. The van der Waals surface area contributed by atoms with E-state index in [1.807, 2.05) is 24.5 Å². The molecule has 1 aromatic heterocycles. The van der Waals surface area contributed by atoms with Crippen molar-refractivity contribution in [3.8, 4) is 0 Å². The van der Waals surface area contributed by atoms with Gasteiger partial charge in [0.2, 0.25) is 0 Å². The zero-order valence-corrected chi connectivity index (χ0v) is 9.32. The molecule has 1 rings (SSSR count). The third-order valence-corrected chi connectivity index (χ3v) is 2.45. The average molecular weight is 208 g/mol.